The summed E-state index contributed by atoms with van der Waals surface area (Å²) in [5.74, 6) is 1.52. The average molecular weight is 223 g/mol. The molecule has 0 radical (unpaired) electrons. The number of aromatic nitrogens is 2. The van der Waals surface area contributed by atoms with Gasteiger partial charge in [-0.15, -0.1) is 10.2 Å². The Hall–Kier alpha value is -0.900. The van der Waals surface area contributed by atoms with Gasteiger partial charge in [0.2, 0.25) is 11.8 Å². The zero-order chi connectivity index (χ0) is 11.6. The van der Waals surface area contributed by atoms with Gasteiger partial charge in [-0.1, -0.05) is 26.2 Å². The molecule has 1 N–H and O–H groups in total. The first-order chi connectivity index (χ1) is 7.65. The molecule has 4 heteroatoms. The van der Waals surface area contributed by atoms with Gasteiger partial charge < -0.3 is 9.73 Å². The van der Waals surface area contributed by atoms with Gasteiger partial charge in [0.25, 0.3) is 0 Å². The maximum atomic E-state index is 5.79. The molecule has 1 unspecified atom stereocenters. The predicted molar refractivity (Wildman–Crippen MR) is 62.2 cm³/mol. The van der Waals surface area contributed by atoms with Crippen molar-refractivity contribution in [1.29, 1.82) is 0 Å². The van der Waals surface area contributed by atoms with E-state index in [1.165, 1.54) is 32.1 Å². The minimum absolute atomic E-state index is 0.108. The number of nitrogens with zero attached hydrogens (tertiary/aromatic N) is 2. The quantitative estimate of drug-likeness (QED) is 0.855. The fourth-order valence-electron chi connectivity index (χ4n) is 2.32. The van der Waals surface area contributed by atoms with Crippen LogP contribution in [0.1, 0.15) is 63.8 Å². The molecule has 1 saturated carbocycles. The van der Waals surface area contributed by atoms with E-state index in [2.05, 4.69) is 22.4 Å². The molecule has 1 aromatic rings. The molecule has 0 bridgehead atoms. The Balaban J connectivity index is 2.17. The van der Waals surface area contributed by atoms with Crippen molar-refractivity contribution in [3.05, 3.63) is 11.8 Å². The topological polar surface area (TPSA) is 51.0 Å². The summed E-state index contributed by atoms with van der Waals surface area (Å²) < 4.78 is 5.79. The van der Waals surface area contributed by atoms with Crippen molar-refractivity contribution in [3.8, 4) is 0 Å². The molecular formula is C12H21N3O. The van der Waals surface area contributed by atoms with Crippen LogP contribution in [-0.2, 0) is 5.41 Å². The molecule has 4 nitrogen and oxygen atoms in total. The molecule has 1 aliphatic rings. The van der Waals surface area contributed by atoms with Gasteiger partial charge in [0.1, 0.15) is 0 Å². The molecular weight excluding hydrogens is 202 g/mol. The number of hydrogen-bond donors (Lipinski definition) is 1. The van der Waals surface area contributed by atoms with Gasteiger partial charge in [-0.05, 0) is 26.8 Å². The molecule has 0 aromatic carbocycles. The SMILES string of the molecule is CNC(C)c1nnc(C2(C)CCCCC2)o1. The first-order valence-corrected chi connectivity index (χ1v) is 6.17. The Morgan fingerprint density at radius 1 is 1.25 bits per heavy atom. The lowest BCUT2D eigenvalue weighted by molar-refractivity contribution is 0.247. The standard InChI is InChI=1S/C12H21N3O/c1-9(13-3)10-14-15-11(16-10)12(2)7-5-4-6-8-12/h9,13H,4-8H2,1-3H3. The third-order valence-corrected chi connectivity index (χ3v) is 3.72. The van der Waals surface area contributed by atoms with Gasteiger partial charge in [-0.3, -0.25) is 0 Å². The first kappa shape index (κ1) is 11.6. The van der Waals surface area contributed by atoms with E-state index in [0.29, 0.717) is 5.89 Å². The van der Waals surface area contributed by atoms with E-state index in [1.54, 1.807) is 0 Å². The van der Waals surface area contributed by atoms with Crippen molar-refractivity contribution >= 4 is 0 Å². The Bertz CT molecular complexity index is 342. The highest BCUT2D eigenvalue weighted by Crippen LogP contribution is 2.38. The molecule has 0 saturated heterocycles. The minimum Gasteiger partial charge on any atom is -0.423 e. The summed E-state index contributed by atoms with van der Waals surface area (Å²) in [5, 5.41) is 11.5. The van der Waals surface area contributed by atoms with Crippen molar-refractivity contribution in [2.45, 2.75) is 57.4 Å². The monoisotopic (exact) mass is 223 g/mol. The number of hydrogen-bond acceptors (Lipinski definition) is 4. The molecule has 2 rings (SSSR count). The molecule has 0 spiro atoms. The fourth-order valence-corrected chi connectivity index (χ4v) is 2.32. The van der Waals surface area contributed by atoms with Crippen molar-refractivity contribution in [2.24, 2.45) is 0 Å². The summed E-state index contributed by atoms with van der Waals surface area (Å²) in [5.41, 5.74) is 0.108. The molecule has 16 heavy (non-hydrogen) atoms. The molecule has 0 amide bonds. The van der Waals surface area contributed by atoms with Crippen molar-refractivity contribution in [1.82, 2.24) is 15.5 Å². The first-order valence-electron chi connectivity index (χ1n) is 6.17. The van der Waals surface area contributed by atoms with Crippen LogP contribution in [0.4, 0.5) is 0 Å². The van der Waals surface area contributed by atoms with E-state index >= 15 is 0 Å². The maximum Gasteiger partial charge on any atom is 0.233 e. The van der Waals surface area contributed by atoms with Crippen LogP contribution in [0.5, 0.6) is 0 Å². The molecule has 1 aromatic heterocycles. The normalized spacial score (nSPS) is 21.9. The van der Waals surface area contributed by atoms with Crippen LogP contribution in [0, 0.1) is 0 Å². The highest BCUT2D eigenvalue weighted by Gasteiger charge is 2.34. The van der Waals surface area contributed by atoms with E-state index in [9.17, 15) is 0 Å². The molecule has 1 aliphatic carbocycles. The van der Waals surface area contributed by atoms with Gasteiger partial charge in [-0.2, -0.15) is 0 Å². The lowest BCUT2D eigenvalue weighted by Gasteiger charge is -2.29. The third-order valence-electron chi connectivity index (χ3n) is 3.72. The van der Waals surface area contributed by atoms with Gasteiger partial charge in [-0.25, -0.2) is 0 Å². The predicted octanol–water partition coefficient (Wildman–Crippen LogP) is 2.57. The second kappa shape index (κ2) is 4.53. The minimum atomic E-state index is 0.108. The van der Waals surface area contributed by atoms with Gasteiger partial charge in [0, 0.05) is 5.41 Å². The van der Waals surface area contributed by atoms with Crippen molar-refractivity contribution < 1.29 is 4.42 Å². The van der Waals surface area contributed by atoms with Crippen LogP contribution < -0.4 is 5.32 Å². The van der Waals surface area contributed by atoms with Gasteiger partial charge >= 0.3 is 0 Å². The lowest BCUT2D eigenvalue weighted by Crippen LogP contribution is -2.25. The van der Waals surface area contributed by atoms with Gasteiger partial charge in [0.15, 0.2) is 0 Å². The van der Waals surface area contributed by atoms with Crippen molar-refractivity contribution in [3.63, 3.8) is 0 Å². The van der Waals surface area contributed by atoms with Crippen molar-refractivity contribution in [2.75, 3.05) is 7.05 Å². The second-order valence-corrected chi connectivity index (χ2v) is 5.08. The fraction of sp³-hybridized carbons (Fsp3) is 0.833. The molecule has 0 aliphatic heterocycles. The molecule has 1 atom stereocenters. The van der Waals surface area contributed by atoms with Gasteiger partial charge in [0.05, 0.1) is 6.04 Å². The largest absolute Gasteiger partial charge is 0.423 e. The van der Waals surface area contributed by atoms with Crippen LogP contribution in [0.2, 0.25) is 0 Å². The van der Waals surface area contributed by atoms with Crippen LogP contribution in [0.15, 0.2) is 4.42 Å². The summed E-state index contributed by atoms with van der Waals surface area (Å²) in [7, 11) is 1.90. The van der Waals surface area contributed by atoms with E-state index in [1.807, 2.05) is 14.0 Å². The highest BCUT2D eigenvalue weighted by atomic mass is 16.4. The van der Waals surface area contributed by atoms with E-state index < -0.39 is 0 Å². The molecule has 1 fully saturated rings. The van der Waals surface area contributed by atoms with Crippen LogP contribution in [0.25, 0.3) is 0 Å². The Morgan fingerprint density at radius 2 is 1.94 bits per heavy atom. The van der Waals surface area contributed by atoms with E-state index in [-0.39, 0.29) is 11.5 Å². The number of nitrogens with one attached hydrogen (secondary N) is 1. The zero-order valence-corrected chi connectivity index (χ0v) is 10.4. The third kappa shape index (κ3) is 2.12. The zero-order valence-electron chi connectivity index (χ0n) is 10.4. The Kier molecular flexibility index (Phi) is 3.28. The van der Waals surface area contributed by atoms with Crippen LogP contribution in [-0.4, -0.2) is 17.2 Å². The second-order valence-electron chi connectivity index (χ2n) is 5.08. The average Bonchev–Trinajstić information content (AvgIpc) is 2.79. The van der Waals surface area contributed by atoms with E-state index in [0.717, 1.165) is 5.89 Å². The Morgan fingerprint density at radius 3 is 2.56 bits per heavy atom. The molecule has 90 valence electrons. The summed E-state index contributed by atoms with van der Waals surface area (Å²) in [6, 6.07) is 0.133. The Labute approximate surface area is 96.8 Å². The summed E-state index contributed by atoms with van der Waals surface area (Å²) >= 11 is 0. The molecule has 1 heterocycles. The summed E-state index contributed by atoms with van der Waals surface area (Å²) in [4.78, 5) is 0. The van der Waals surface area contributed by atoms with E-state index in [4.69, 9.17) is 4.42 Å². The smallest absolute Gasteiger partial charge is 0.233 e. The lowest BCUT2D eigenvalue weighted by atomic mass is 9.76. The number of rotatable bonds is 3. The van der Waals surface area contributed by atoms with Crippen LogP contribution in [0.3, 0.4) is 0 Å². The summed E-state index contributed by atoms with van der Waals surface area (Å²) in [6.45, 7) is 4.27. The maximum absolute atomic E-state index is 5.79. The summed E-state index contributed by atoms with van der Waals surface area (Å²) in [6.07, 6.45) is 6.22. The highest BCUT2D eigenvalue weighted by molar-refractivity contribution is 5.04. The van der Waals surface area contributed by atoms with Crippen LogP contribution >= 0.6 is 0 Å².